The summed E-state index contributed by atoms with van der Waals surface area (Å²) >= 11 is 0. The molecule has 3 heterocycles. The van der Waals surface area contributed by atoms with E-state index in [0.29, 0.717) is 11.1 Å². The predicted octanol–water partition coefficient (Wildman–Crippen LogP) is 3.84. The number of carbonyl (C=O) groups is 2. The lowest BCUT2D eigenvalue weighted by Crippen LogP contribution is -2.20. The zero-order valence-electron chi connectivity index (χ0n) is 12.9. The highest BCUT2D eigenvalue weighted by atomic mass is 16.2. The molecule has 3 aromatic carbocycles. The molecule has 0 spiro atoms. The fraction of sp³-hybridized carbons (Fsp3) is 0. The number of imide groups is 1. The second kappa shape index (κ2) is 4.08. The van der Waals surface area contributed by atoms with Crippen LogP contribution in [0.15, 0.2) is 48.7 Å². The number of aromatic nitrogens is 2. The quantitative estimate of drug-likeness (QED) is 0.378. The van der Waals surface area contributed by atoms with Crippen molar-refractivity contribution in [2.75, 3.05) is 0 Å². The number of hydrogen-bond donors (Lipinski definition) is 3. The molecule has 0 aliphatic carbocycles. The first kappa shape index (κ1) is 12.8. The van der Waals surface area contributed by atoms with Gasteiger partial charge in [-0.05, 0) is 12.1 Å². The lowest BCUT2D eigenvalue weighted by molar-refractivity contribution is 0.0880. The lowest BCUT2D eigenvalue weighted by atomic mass is 9.93. The van der Waals surface area contributed by atoms with Crippen molar-refractivity contribution in [3.63, 3.8) is 0 Å². The van der Waals surface area contributed by atoms with E-state index in [1.807, 2.05) is 48.7 Å². The number of hydrogen-bond acceptors (Lipinski definition) is 2. The third-order valence-electron chi connectivity index (χ3n) is 5.13. The van der Waals surface area contributed by atoms with Crippen molar-refractivity contribution >= 4 is 55.3 Å². The van der Waals surface area contributed by atoms with Gasteiger partial charge in [-0.15, -0.1) is 0 Å². The molecule has 5 nitrogen and oxygen atoms in total. The number of H-pyrrole nitrogens is 2. The van der Waals surface area contributed by atoms with Gasteiger partial charge >= 0.3 is 0 Å². The summed E-state index contributed by atoms with van der Waals surface area (Å²) in [7, 11) is 0. The second-order valence-corrected chi connectivity index (χ2v) is 6.38. The van der Waals surface area contributed by atoms with Crippen LogP contribution in [0, 0.1) is 0 Å². The molecule has 1 aliphatic heterocycles. The van der Waals surface area contributed by atoms with E-state index in [2.05, 4.69) is 15.3 Å². The molecule has 0 unspecified atom stereocenters. The van der Waals surface area contributed by atoms with Gasteiger partial charge in [-0.3, -0.25) is 14.9 Å². The van der Waals surface area contributed by atoms with Crippen LogP contribution in [0.1, 0.15) is 20.7 Å². The van der Waals surface area contributed by atoms with Crippen molar-refractivity contribution in [3.05, 3.63) is 59.8 Å². The molecule has 118 valence electrons. The molecule has 0 atom stereocenters. The molecule has 3 N–H and O–H groups in total. The van der Waals surface area contributed by atoms with E-state index in [1.54, 1.807) is 0 Å². The molecule has 0 saturated heterocycles. The normalized spacial score (nSPS) is 14.1. The molecule has 1 aliphatic rings. The second-order valence-electron chi connectivity index (χ2n) is 6.38. The Morgan fingerprint density at radius 2 is 1.48 bits per heavy atom. The van der Waals surface area contributed by atoms with E-state index in [0.717, 1.165) is 43.5 Å². The standard InChI is InChI=1S/C20H11N3O2/c24-19-15-13-10-3-1-2-4-12(10)22-18(13)11-6-5-9-7-8-21-17(9)14(11)16(15)20(25)23-19/h1-8,21-22H,(H,23,24,25). The highest BCUT2D eigenvalue weighted by Gasteiger charge is 2.34. The van der Waals surface area contributed by atoms with Gasteiger partial charge < -0.3 is 9.97 Å². The molecule has 25 heavy (non-hydrogen) atoms. The van der Waals surface area contributed by atoms with E-state index in [1.165, 1.54) is 0 Å². The molecule has 5 aromatic rings. The largest absolute Gasteiger partial charge is 0.361 e. The van der Waals surface area contributed by atoms with E-state index >= 15 is 0 Å². The summed E-state index contributed by atoms with van der Waals surface area (Å²) in [5.41, 5.74) is 3.64. The van der Waals surface area contributed by atoms with E-state index in [9.17, 15) is 9.59 Å². The predicted molar refractivity (Wildman–Crippen MR) is 97.0 cm³/mol. The Balaban J connectivity index is 2.04. The topological polar surface area (TPSA) is 77.8 Å². The maximum atomic E-state index is 12.6. The fourth-order valence-corrected chi connectivity index (χ4v) is 4.13. The molecule has 2 aromatic heterocycles. The molecular weight excluding hydrogens is 314 g/mol. The minimum absolute atomic E-state index is 0.333. The average molecular weight is 325 g/mol. The molecule has 2 amide bonds. The average Bonchev–Trinajstić information content (AvgIpc) is 3.30. The van der Waals surface area contributed by atoms with Crippen LogP contribution >= 0.6 is 0 Å². The summed E-state index contributed by atoms with van der Waals surface area (Å²) < 4.78 is 0. The Bertz CT molecular complexity index is 1400. The van der Waals surface area contributed by atoms with Crippen molar-refractivity contribution in [3.8, 4) is 0 Å². The van der Waals surface area contributed by atoms with Crippen LogP contribution in [0.25, 0.3) is 43.5 Å². The van der Waals surface area contributed by atoms with Crippen LogP contribution in [0.4, 0.5) is 0 Å². The summed E-state index contributed by atoms with van der Waals surface area (Å²) in [4.78, 5) is 31.9. The van der Waals surface area contributed by atoms with Crippen LogP contribution in [-0.4, -0.2) is 21.8 Å². The fourth-order valence-electron chi connectivity index (χ4n) is 4.13. The van der Waals surface area contributed by atoms with Crippen LogP contribution < -0.4 is 5.32 Å². The first-order valence-corrected chi connectivity index (χ1v) is 8.06. The van der Waals surface area contributed by atoms with Gasteiger partial charge in [0.15, 0.2) is 0 Å². The minimum Gasteiger partial charge on any atom is -0.361 e. The van der Waals surface area contributed by atoms with Gasteiger partial charge in [-0.25, -0.2) is 0 Å². The van der Waals surface area contributed by atoms with Crippen molar-refractivity contribution in [2.24, 2.45) is 0 Å². The molecule has 0 saturated carbocycles. The van der Waals surface area contributed by atoms with Gasteiger partial charge in [0.25, 0.3) is 11.8 Å². The summed E-state index contributed by atoms with van der Waals surface area (Å²) in [5, 5.41) is 6.97. The van der Waals surface area contributed by atoms with Crippen molar-refractivity contribution in [1.82, 2.24) is 15.3 Å². The number of carbonyl (C=O) groups excluding carboxylic acids is 2. The molecule has 0 bridgehead atoms. The Morgan fingerprint density at radius 1 is 0.720 bits per heavy atom. The summed E-state index contributed by atoms with van der Waals surface area (Å²) in [6, 6.07) is 13.9. The van der Waals surface area contributed by atoms with Gasteiger partial charge in [0.05, 0.1) is 22.2 Å². The number of para-hydroxylation sites is 1. The van der Waals surface area contributed by atoms with Gasteiger partial charge in [0, 0.05) is 38.6 Å². The van der Waals surface area contributed by atoms with Gasteiger partial charge in [0.1, 0.15) is 0 Å². The SMILES string of the molecule is O=C1NC(=O)c2c1c1c(ccc3cc[nH]c31)c1[nH]c3ccccc3c21. The Morgan fingerprint density at radius 3 is 2.32 bits per heavy atom. The van der Waals surface area contributed by atoms with Crippen LogP contribution in [0.2, 0.25) is 0 Å². The number of aromatic amines is 2. The van der Waals surface area contributed by atoms with Crippen LogP contribution in [0.5, 0.6) is 0 Å². The summed E-state index contributed by atoms with van der Waals surface area (Å²) in [6.07, 6.45) is 1.85. The van der Waals surface area contributed by atoms with Crippen molar-refractivity contribution in [1.29, 1.82) is 0 Å². The van der Waals surface area contributed by atoms with Crippen LogP contribution in [0.3, 0.4) is 0 Å². The van der Waals surface area contributed by atoms with Gasteiger partial charge in [0.2, 0.25) is 0 Å². The first-order chi connectivity index (χ1) is 12.2. The van der Waals surface area contributed by atoms with E-state index in [-0.39, 0.29) is 11.8 Å². The Hall–Kier alpha value is -3.60. The molecule has 0 fully saturated rings. The molecular formula is C20H11N3O2. The van der Waals surface area contributed by atoms with Crippen LogP contribution in [-0.2, 0) is 0 Å². The Kier molecular flexibility index (Phi) is 2.08. The maximum Gasteiger partial charge on any atom is 0.259 e. The first-order valence-electron chi connectivity index (χ1n) is 8.06. The zero-order valence-corrected chi connectivity index (χ0v) is 12.9. The number of benzene rings is 3. The van der Waals surface area contributed by atoms with Crippen molar-refractivity contribution in [2.45, 2.75) is 0 Å². The molecule has 6 rings (SSSR count). The van der Waals surface area contributed by atoms with Crippen molar-refractivity contribution < 1.29 is 9.59 Å². The van der Waals surface area contributed by atoms with E-state index < -0.39 is 0 Å². The lowest BCUT2D eigenvalue weighted by Gasteiger charge is -2.07. The third-order valence-corrected chi connectivity index (χ3v) is 5.13. The summed E-state index contributed by atoms with van der Waals surface area (Å²) in [5.74, 6) is -0.667. The number of rotatable bonds is 0. The highest BCUT2D eigenvalue weighted by molar-refractivity contribution is 6.38. The molecule has 0 radical (unpaired) electrons. The molecule has 5 heteroatoms. The number of nitrogens with one attached hydrogen (secondary N) is 3. The maximum absolute atomic E-state index is 12.6. The number of fused-ring (bicyclic) bond motifs is 10. The van der Waals surface area contributed by atoms with Gasteiger partial charge in [-0.2, -0.15) is 0 Å². The van der Waals surface area contributed by atoms with Gasteiger partial charge in [-0.1, -0.05) is 30.3 Å². The monoisotopic (exact) mass is 325 g/mol. The minimum atomic E-state index is -0.334. The smallest absolute Gasteiger partial charge is 0.259 e. The zero-order chi connectivity index (χ0) is 16.7. The number of amides is 2. The summed E-state index contributed by atoms with van der Waals surface area (Å²) in [6.45, 7) is 0. The Labute approximate surface area is 140 Å². The third kappa shape index (κ3) is 1.39. The van der Waals surface area contributed by atoms with E-state index in [4.69, 9.17) is 0 Å². The highest BCUT2D eigenvalue weighted by Crippen LogP contribution is 2.41.